The predicted molar refractivity (Wildman–Crippen MR) is 121 cm³/mol. The molecular formula is C24H34N2O3. The van der Waals surface area contributed by atoms with Crippen LogP contribution in [-0.2, 0) is 0 Å². The quantitative estimate of drug-likeness (QED) is 0.496. The number of nitrogen functional groups attached to an aromatic ring is 1. The van der Waals surface area contributed by atoms with Gasteiger partial charge in [-0.1, -0.05) is 70.2 Å². The van der Waals surface area contributed by atoms with Crippen LogP contribution in [0.25, 0.3) is 10.9 Å². The van der Waals surface area contributed by atoms with Crippen molar-refractivity contribution in [3.05, 3.63) is 71.9 Å². The molecule has 0 radical (unpaired) electrons. The zero-order chi connectivity index (χ0) is 21.8. The third-order valence-corrected chi connectivity index (χ3v) is 4.33. The minimum Gasteiger partial charge on any atom is -0.398 e. The van der Waals surface area contributed by atoms with Crippen LogP contribution < -0.4 is 5.73 Å². The standard InChI is InChI=1S/C12H13N.C9H13N.C3H8O3/c1-9(2)11-7-3-5-10-6-4-8-13-12(10)11;1-7(2)8-5-3-4-6-9(8)10;4-1-3(6)2-5/h3-9H,1-2H3;3-7H,10H2,1-2H3;3-6H,1-2H2. The van der Waals surface area contributed by atoms with Gasteiger partial charge in [0.15, 0.2) is 0 Å². The normalized spacial score (nSPS) is 10.6. The van der Waals surface area contributed by atoms with Crippen molar-refractivity contribution in [1.82, 2.24) is 4.98 Å². The molecule has 0 aliphatic heterocycles. The summed E-state index contributed by atoms with van der Waals surface area (Å²) in [6, 6.07) is 18.4. The first kappa shape index (κ1) is 24.6. The average Bonchev–Trinajstić information content (AvgIpc) is 2.73. The first-order valence-corrected chi connectivity index (χ1v) is 9.89. The van der Waals surface area contributed by atoms with Gasteiger partial charge in [0.25, 0.3) is 0 Å². The van der Waals surface area contributed by atoms with Crippen molar-refractivity contribution in [3.8, 4) is 0 Å². The number of para-hydroxylation sites is 2. The van der Waals surface area contributed by atoms with Crippen LogP contribution in [0.1, 0.15) is 50.7 Å². The monoisotopic (exact) mass is 398 g/mol. The van der Waals surface area contributed by atoms with Crippen molar-refractivity contribution in [2.75, 3.05) is 18.9 Å². The highest BCUT2D eigenvalue weighted by molar-refractivity contribution is 5.81. The lowest BCUT2D eigenvalue weighted by atomic mass is 10.00. The first-order chi connectivity index (χ1) is 13.8. The maximum atomic E-state index is 8.17. The van der Waals surface area contributed by atoms with Crippen molar-refractivity contribution in [1.29, 1.82) is 0 Å². The molecule has 0 aliphatic rings. The minimum atomic E-state index is -0.954. The number of nitrogens with two attached hydrogens (primary N) is 1. The van der Waals surface area contributed by atoms with E-state index in [2.05, 4.69) is 63.0 Å². The molecule has 0 aliphatic carbocycles. The number of pyridine rings is 1. The van der Waals surface area contributed by atoms with Gasteiger partial charge in [0.1, 0.15) is 6.10 Å². The fourth-order valence-electron chi connectivity index (χ4n) is 2.69. The molecule has 0 amide bonds. The van der Waals surface area contributed by atoms with E-state index < -0.39 is 6.10 Å². The summed E-state index contributed by atoms with van der Waals surface area (Å²) in [5.41, 5.74) is 10.3. The van der Waals surface area contributed by atoms with Crippen LogP contribution in [0.5, 0.6) is 0 Å². The van der Waals surface area contributed by atoms with Crippen molar-refractivity contribution >= 4 is 16.6 Å². The lowest BCUT2D eigenvalue weighted by Gasteiger charge is -2.07. The van der Waals surface area contributed by atoms with Crippen LogP contribution in [0.4, 0.5) is 5.69 Å². The summed E-state index contributed by atoms with van der Waals surface area (Å²) in [4.78, 5) is 4.40. The largest absolute Gasteiger partial charge is 0.398 e. The van der Waals surface area contributed by atoms with E-state index >= 15 is 0 Å². The molecule has 158 valence electrons. The maximum absolute atomic E-state index is 8.17. The number of aliphatic hydroxyl groups is 3. The Bertz CT molecular complexity index is 841. The third kappa shape index (κ3) is 8.20. The van der Waals surface area contributed by atoms with Gasteiger partial charge < -0.3 is 21.1 Å². The molecule has 3 rings (SSSR count). The van der Waals surface area contributed by atoms with Gasteiger partial charge in [-0.2, -0.15) is 0 Å². The van der Waals surface area contributed by atoms with Gasteiger partial charge >= 0.3 is 0 Å². The number of hydrogen-bond donors (Lipinski definition) is 4. The Hall–Kier alpha value is -2.47. The Kier molecular flexibility index (Phi) is 10.9. The number of anilines is 1. The Morgan fingerprint density at radius 2 is 1.34 bits per heavy atom. The molecule has 0 atom stereocenters. The SMILES string of the molecule is CC(C)c1cccc2cccnc12.CC(C)c1ccccc1N.OCC(O)CO. The zero-order valence-electron chi connectivity index (χ0n) is 17.8. The van der Waals surface area contributed by atoms with E-state index in [0.717, 1.165) is 11.2 Å². The molecule has 0 unspecified atom stereocenters. The Balaban J connectivity index is 0.000000235. The van der Waals surface area contributed by atoms with Crippen molar-refractivity contribution in [3.63, 3.8) is 0 Å². The number of fused-ring (bicyclic) bond motifs is 1. The van der Waals surface area contributed by atoms with E-state index in [1.807, 2.05) is 30.5 Å². The molecule has 5 nitrogen and oxygen atoms in total. The second-order valence-corrected chi connectivity index (χ2v) is 7.38. The first-order valence-electron chi connectivity index (χ1n) is 9.89. The highest BCUT2D eigenvalue weighted by Gasteiger charge is 2.04. The van der Waals surface area contributed by atoms with Crippen LogP contribution in [0, 0.1) is 0 Å². The lowest BCUT2D eigenvalue weighted by Crippen LogP contribution is -2.15. The number of aliphatic hydroxyl groups excluding tert-OH is 3. The summed E-state index contributed by atoms with van der Waals surface area (Å²) >= 11 is 0. The maximum Gasteiger partial charge on any atom is 0.100 e. The number of hydrogen-bond acceptors (Lipinski definition) is 5. The fourth-order valence-corrected chi connectivity index (χ4v) is 2.69. The molecule has 1 heterocycles. The van der Waals surface area contributed by atoms with E-state index in [0.29, 0.717) is 11.8 Å². The average molecular weight is 399 g/mol. The number of aromatic nitrogens is 1. The van der Waals surface area contributed by atoms with Gasteiger partial charge in [0.05, 0.1) is 18.7 Å². The fraction of sp³-hybridized carbons (Fsp3) is 0.375. The number of benzene rings is 2. The molecule has 29 heavy (non-hydrogen) atoms. The molecule has 0 saturated carbocycles. The van der Waals surface area contributed by atoms with Gasteiger partial charge in [0.2, 0.25) is 0 Å². The molecule has 1 aromatic heterocycles. The van der Waals surface area contributed by atoms with Crippen molar-refractivity contribution < 1.29 is 15.3 Å². The molecule has 2 aromatic carbocycles. The van der Waals surface area contributed by atoms with Crippen LogP contribution in [-0.4, -0.2) is 39.6 Å². The van der Waals surface area contributed by atoms with Crippen LogP contribution in [0.2, 0.25) is 0 Å². The summed E-state index contributed by atoms with van der Waals surface area (Å²) < 4.78 is 0. The highest BCUT2D eigenvalue weighted by atomic mass is 16.3. The van der Waals surface area contributed by atoms with Gasteiger partial charge in [-0.25, -0.2) is 0 Å². The highest BCUT2D eigenvalue weighted by Crippen LogP contribution is 2.22. The molecule has 0 saturated heterocycles. The summed E-state index contributed by atoms with van der Waals surface area (Å²) in [5.74, 6) is 1.07. The summed E-state index contributed by atoms with van der Waals surface area (Å²) in [5, 5.41) is 25.2. The van der Waals surface area contributed by atoms with Crippen molar-refractivity contribution in [2.45, 2.75) is 45.6 Å². The summed E-state index contributed by atoms with van der Waals surface area (Å²) in [6.45, 7) is 7.96. The Morgan fingerprint density at radius 1 is 0.793 bits per heavy atom. The summed E-state index contributed by atoms with van der Waals surface area (Å²) in [6.07, 6.45) is 0.902. The molecular weight excluding hydrogens is 364 g/mol. The second kappa shape index (κ2) is 12.9. The van der Waals surface area contributed by atoms with E-state index in [-0.39, 0.29) is 13.2 Å². The van der Waals surface area contributed by atoms with E-state index in [4.69, 9.17) is 21.1 Å². The minimum absolute atomic E-state index is 0.365. The molecule has 0 fully saturated rings. The molecule has 5 N–H and O–H groups in total. The molecule has 3 aromatic rings. The van der Waals surface area contributed by atoms with E-state index in [9.17, 15) is 0 Å². The molecule has 0 spiro atoms. The topological polar surface area (TPSA) is 99.6 Å². The van der Waals surface area contributed by atoms with Crippen molar-refractivity contribution in [2.24, 2.45) is 0 Å². The van der Waals surface area contributed by atoms with E-state index in [1.54, 1.807) is 0 Å². The molecule has 5 heteroatoms. The smallest absolute Gasteiger partial charge is 0.100 e. The van der Waals surface area contributed by atoms with Crippen LogP contribution >= 0.6 is 0 Å². The van der Waals surface area contributed by atoms with Crippen LogP contribution in [0.3, 0.4) is 0 Å². The number of nitrogens with zero attached hydrogens (tertiary/aromatic N) is 1. The van der Waals surface area contributed by atoms with E-state index in [1.165, 1.54) is 16.5 Å². The second-order valence-electron chi connectivity index (χ2n) is 7.38. The molecule has 0 bridgehead atoms. The van der Waals surface area contributed by atoms with Crippen LogP contribution in [0.15, 0.2) is 60.8 Å². The number of rotatable bonds is 4. The van der Waals surface area contributed by atoms with Gasteiger partial charge in [0, 0.05) is 17.3 Å². The van der Waals surface area contributed by atoms with Gasteiger partial charge in [-0.05, 0) is 35.1 Å². The van der Waals surface area contributed by atoms with Gasteiger partial charge in [-0.15, -0.1) is 0 Å². The third-order valence-electron chi connectivity index (χ3n) is 4.33. The lowest BCUT2D eigenvalue weighted by molar-refractivity contribution is 0.0450. The Morgan fingerprint density at radius 3 is 1.83 bits per heavy atom. The van der Waals surface area contributed by atoms with Gasteiger partial charge in [-0.3, -0.25) is 4.98 Å². The Labute approximate surface area is 173 Å². The summed E-state index contributed by atoms with van der Waals surface area (Å²) in [7, 11) is 0. The zero-order valence-corrected chi connectivity index (χ0v) is 17.8. The predicted octanol–water partition coefficient (Wildman–Crippen LogP) is 4.08.